The third-order valence-electron chi connectivity index (χ3n) is 17.6. The SMILES string of the molecule is CC(C)(C)OC(=O)N1CCC[C@@H](N)C1.CC(C)(C)OC(=O)N1CCC[C@@H](Nc2ccc3cccc(-c4cc5c([nH]4)CCNC5=O)c3n2)C1.O=C1NCCc2[nH]c(-c3cccc4ccc(Cl)nc34)cc21.O=C1NCCc2[nH]c(-c3cccc4ccc(N[C@@H]5CCCNC5)nc34)cc21. The number of nitrogens with one attached hydrogen (secondary N) is 9. The Bertz CT molecular complexity index is 4350. The number of carbonyl (C=O) groups is 5. The number of nitrogens with two attached hydrogens (primary N) is 1. The summed E-state index contributed by atoms with van der Waals surface area (Å²) in [6.45, 7) is 18.0. The van der Waals surface area contributed by atoms with Gasteiger partial charge in [-0.25, -0.2) is 24.5 Å². The van der Waals surface area contributed by atoms with Crippen LogP contribution in [0.2, 0.25) is 5.15 Å². The highest BCUT2D eigenvalue weighted by atomic mass is 35.5. The molecule has 0 radical (unpaired) electrons. The van der Waals surface area contributed by atoms with Crippen LogP contribution in [0.5, 0.6) is 0 Å². The number of benzene rings is 3. The molecule has 0 spiro atoms. The molecule has 0 unspecified atom stereocenters. The number of rotatable bonds is 7. The Labute approximate surface area is 563 Å². The standard InChI is InChI=1S/C26H31N5O3.C21H23N5O.C16H12ClN3O.C10H20N2O2/c1-26(2,3)34-25(33)31-13-5-7-17(15-31)28-22-10-9-16-6-4-8-18(23(16)30-22)21-14-19-20(29-21)11-12-27-24(19)32;27-21-16-11-18(25-17(16)8-10-23-21)15-5-1-3-13-6-7-19(26-20(13)15)24-14-4-2-9-22-12-14;17-14-5-4-9-2-1-3-10(15(9)20-14)13-8-11-12(19-13)6-7-18-16(11)21;1-10(2,3)14-9(13)12-6-4-5-8(11)7-12/h4,6,8-10,14,17,29H,5,7,11-13,15H2,1-3H3,(H,27,32)(H,28,30);1,3,5-7,11,14,22,25H,2,4,8-10,12H2,(H,23,27)(H,24,26);1-5,8,19H,6-7H2,(H,18,21);8H,4-7,11H2,1-3H3/t17-;14-;;8-/m11.1/s1. The van der Waals surface area contributed by atoms with Crippen molar-refractivity contribution in [3.8, 4) is 33.8 Å². The van der Waals surface area contributed by atoms with Crippen LogP contribution in [0.3, 0.4) is 0 Å². The lowest BCUT2D eigenvalue weighted by Gasteiger charge is -2.34. The minimum Gasteiger partial charge on any atom is -0.444 e. The molecule has 12 heterocycles. The number of pyridine rings is 3. The second-order valence-electron chi connectivity index (χ2n) is 27.3. The zero-order valence-electron chi connectivity index (χ0n) is 55.4. The van der Waals surface area contributed by atoms with E-state index in [1.165, 1.54) is 6.42 Å². The normalized spacial score (nSPS) is 18.5. The predicted octanol–water partition coefficient (Wildman–Crippen LogP) is 11.5. The van der Waals surface area contributed by atoms with E-state index >= 15 is 0 Å². The molecule has 6 aromatic heterocycles. The molecular weight excluding hydrogens is 1230 g/mol. The number of hydrogen-bond donors (Lipinski definition) is 10. The molecule has 22 nitrogen and oxygen atoms in total. The average Bonchev–Trinajstić information content (AvgIpc) is 1.58. The highest BCUT2D eigenvalue weighted by molar-refractivity contribution is 6.30. The van der Waals surface area contributed by atoms with Crippen molar-refractivity contribution in [3.63, 3.8) is 0 Å². The van der Waals surface area contributed by atoms with Crippen LogP contribution in [0, 0.1) is 0 Å². The smallest absolute Gasteiger partial charge is 0.410 e. The van der Waals surface area contributed by atoms with E-state index in [1.54, 1.807) is 15.9 Å². The molecule has 96 heavy (non-hydrogen) atoms. The zero-order valence-corrected chi connectivity index (χ0v) is 56.2. The van der Waals surface area contributed by atoms with Crippen LogP contribution in [0.25, 0.3) is 66.5 Å². The number of likely N-dealkylation sites (tertiary alicyclic amines) is 2. The number of hydrogen-bond acceptors (Lipinski definition) is 14. The Balaban J connectivity index is 0.000000128. The molecule has 15 rings (SSSR count). The quantitative estimate of drug-likeness (QED) is 0.0664. The summed E-state index contributed by atoms with van der Waals surface area (Å²) in [4.78, 5) is 88.3. The van der Waals surface area contributed by atoms with Gasteiger partial charge in [-0.2, -0.15) is 0 Å². The topological polar surface area (TPSA) is 295 Å². The van der Waals surface area contributed by atoms with Crippen molar-refractivity contribution >= 4 is 85.9 Å². The number of amides is 5. The Morgan fingerprint density at radius 3 is 1.35 bits per heavy atom. The molecule has 23 heteroatoms. The lowest BCUT2D eigenvalue weighted by Crippen LogP contribution is -2.47. The number of ether oxygens (including phenoxy) is 2. The van der Waals surface area contributed by atoms with Crippen molar-refractivity contribution in [2.24, 2.45) is 5.73 Å². The van der Waals surface area contributed by atoms with E-state index in [0.717, 1.165) is 177 Å². The Kier molecular flexibility index (Phi) is 20.0. The lowest BCUT2D eigenvalue weighted by atomic mass is 10.0. The van der Waals surface area contributed by atoms with Crippen molar-refractivity contribution in [2.45, 2.75) is 129 Å². The highest BCUT2D eigenvalue weighted by Crippen LogP contribution is 2.34. The number of halogens is 1. The van der Waals surface area contributed by atoms with Crippen LogP contribution in [-0.4, -0.2) is 158 Å². The van der Waals surface area contributed by atoms with Crippen LogP contribution >= 0.6 is 11.6 Å². The lowest BCUT2D eigenvalue weighted by molar-refractivity contribution is 0.0193. The number of carbonyl (C=O) groups excluding carboxylic acids is 5. The fraction of sp³-hybridized carbons (Fsp3) is 0.397. The van der Waals surface area contributed by atoms with E-state index in [1.807, 2.05) is 120 Å². The molecule has 502 valence electrons. The first-order chi connectivity index (χ1) is 46.1. The van der Waals surface area contributed by atoms with Crippen LogP contribution in [0.4, 0.5) is 21.2 Å². The maximum absolute atomic E-state index is 12.5. The summed E-state index contributed by atoms with van der Waals surface area (Å²) >= 11 is 6.02. The molecule has 3 fully saturated rings. The largest absolute Gasteiger partial charge is 0.444 e. The van der Waals surface area contributed by atoms with Crippen molar-refractivity contribution in [1.29, 1.82) is 0 Å². The molecule has 3 aromatic carbocycles. The van der Waals surface area contributed by atoms with Gasteiger partial charge in [-0.1, -0.05) is 66.2 Å². The summed E-state index contributed by atoms with van der Waals surface area (Å²) in [6.07, 6.45) is 8.12. The fourth-order valence-corrected chi connectivity index (χ4v) is 13.2. The van der Waals surface area contributed by atoms with E-state index < -0.39 is 11.2 Å². The number of anilines is 2. The molecule has 3 atom stereocenters. The van der Waals surface area contributed by atoms with E-state index in [0.29, 0.717) is 56.0 Å². The van der Waals surface area contributed by atoms with E-state index in [2.05, 4.69) is 76.1 Å². The Morgan fingerprint density at radius 1 is 0.510 bits per heavy atom. The van der Waals surface area contributed by atoms with Crippen molar-refractivity contribution < 1.29 is 33.4 Å². The maximum Gasteiger partial charge on any atom is 0.410 e. The summed E-state index contributed by atoms with van der Waals surface area (Å²) in [6, 6.07) is 36.5. The summed E-state index contributed by atoms with van der Waals surface area (Å²) in [5, 5.41) is 22.8. The first kappa shape index (κ1) is 66.5. The van der Waals surface area contributed by atoms with Gasteiger partial charge in [0.25, 0.3) is 17.7 Å². The number of para-hydroxylation sites is 3. The van der Waals surface area contributed by atoms with Crippen molar-refractivity contribution in [3.05, 3.63) is 148 Å². The second-order valence-corrected chi connectivity index (χ2v) is 27.7. The Morgan fingerprint density at radius 2 is 0.927 bits per heavy atom. The minimum atomic E-state index is -0.508. The summed E-state index contributed by atoms with van der Waals surface area (Å²) in [5.74, 6) is 1.61. The van der Waals surface area contributed by atoms with Gasteiger partial charge in [-0.3, -0.25) is 14.4 Å². The van der Waals surface area contributed by atoms with Crippen LogP contribution in [0.15, 0.2) is 109 Å². The third kappa shape index (κ3) is 16.1. The first-order valence-electron chi connectivity index (χ1n) is 33.5. The Hall–Kier alpha value is -9.51. The first-order valence-corrected chi connectivity index (χ1v) is 33.8. The zero-order chi connectivity index (χ0) is 67.3. The van der Waals surface area contributed by atoms with E-state index in [4.69, 9.17) is 36.8 Å². The van der Waals surface area contributed by atoms with Gasteiger partial charge in [0.1, 0.15) is 28.0 Å². The molecule has 0 saturated carbocycles. The average molecular weight is 1320 g/mol. The summed E-state index contributed by atoms with van der Waals surface area (Å²) in [5.41, 5.74) is 18.3. The van der Waals surface area contributed by atoms with Crippen molar-refractivity contribution in [2.75, 3.05) is 69.5 Å². The minimum absolute atomic E-state index is 0.000833. The van der Waals surface area contributed by atoms with Gasteiger partial charge in [-0.15, -0.1) is 0 Å². The molecule has 6 aliphatic heterocycles. The van der Waals surface area contributed by atoms with Crippen LogP contribution < -0.4 is 37.6 Å². The molecule has 0 aliphatic carbocycles. The fourth-order valence-electron chi connectivity index (χ4n) is 13.0. The van der Waals surface area contributed by atoms with Crippen molar-refractivity contribution in [1.82, 2.24) is 61.0 Å². The molecule has 9 aromatic rings. The van der Waals surface area contributed by atoms with Gasteiger partial charge in [0.15, 0.2) is 0 Å². The monoisotopic (exact) mass is 1320 g/mol. The number of H-pyrrole nitrogens is 3. The highest BCUT2D eigenvalue weighted by Gasteiger charge is 2.30. The van der Waals surface area contributed by atoms with Gasteiger partial charge >= 0.3 is 12.2 Å². The number of fused-ring (bicyclic) bond motifs is 6. The van der Waals surface area contributed by atoms with Gasteiger partial charge in [0.05, 0.1) is 33.2 Å². The van der Waals surface area contributed by atoms with E-state index in [9.17, 15) is 24.0 Å². The second kappa shape index (κ2) is 28.8. The van der Waals surface area contributed by atoms with Gasteiger partial charge < -0.3 is 71.9 Å². The molecule has 6 aliphatic rings. The van der Waals surface area contributed by atoms with Gasteiger partial charge in [0.2, 0.25) is 0 Å². The van der Waals surface area contributed by atoms with Gasteiger partial charge in [0, 0.05) is 157 Å². The number of aromatic nitrogens is 6. The molecular formula is C73H86ClN15O7. The van der Waals surface area contributed by atoms with Crippen LogP contribution in [-0.2, 0) is 28.7 Å². The maximum atomic E-state index is 12.5. The number of nitrogens with zero attached hydrogens (tertiary/aromatic N) is 5. The number of aromatic amines is 3. The molecule has 3 saturated heterocycles. The van der Waals surface area contributed by atoms with Gasteiger partial charge in [-0.05, 0) is 141 Å². The molecule has 5 amide bonds. The van der Waals surface area contributed by atoms with E-state index in [-0.39, 0.29) is 42.0 Å². The predicted molar refractivity (Wildman–Crippen MR) is 377 cm³/mol. The summed E-state index contributed by atoms with van der Waals surface area (Å²) in [7, 11) is 0. The number of piperidine rings is 3. The molecule has 0 bridgehead atoms. The van der Waals surface area contributed by atoms with Crippen LogP contribution in [0.1, 0.15) is 128 Å². The third-order valence-corrected chi connectivity index (χ3v) is 17.8. The molecule has 11 N–H and O–H groups in total. The summed E-state index contributed by atoms with van der Waals surface area (Å²) < 4.78 is 10.8.